The van der Waals surface area contributed by atoms with Crippen molar-refractivity contribution in [2.45, 2.75) is 5.38 Å². The van der Waals surface area contributed by atoms with Gasteiger partial charge in [0, 0.05) is 11.0 Å². The molecule has 0 aliphatic rings. The summed E-state index contributed by atoms with van der Waals surface area (Å²) in [5.41, 5.74) is 0.910. The maximum Gasteiger partial charge on any atom is 0.149 e. The van der Waals surface area contributed by atoms with Crippen LogP contribution in [0.15, 0.2) is 29.6 Å². The number of fused-ring (bicyclic) bond motifs is 1. The fourth-order valence-corrected chi connectivity index (χ4v) is 4.26. The van der Waals surface area contributed by atoms with Crippen LogP contribution < -0.4 is 0 Å². The molecule has 1 aromatic carbocycles. The Morgan fingerprint density at radius 2 is 2.06 bits per heavy atom. The van der Waals surface area contributed by atoms with E-state index in [-0.39, 0.29) is 5.75 Å². The molecular weight excluding hydrogens is 264 g/mol. The third-order valence-corrected chi connectivity index (χ3v) is 4.79. The van der Waals surface area contributed by atoms with Gasteiger partial charge >= 0.3 is 0 Å². The topological polar surface area (TPSA) is 34.1 Å². The Hall–Kier alpha value is -0.580. The van der Waals surface area contributed by atoms with Crippen LogP contribution in [0.1, 0.15) is 10.9 Å². The van der Waals surface area contributed by atoms with E-state index >= 15 is 0 Å². The van der Waals surface area contributed by atoms with Crippen molar-refractivity contribution in [1.82, 2.24) is 0 Å². The predicted molar refractivity (Wildman–Crippen MR) is 70.1 cm³/mol. The van der Waals surface area contributed by atoms with Crippen LogP contribution in [0.5, 0.6) is 0 Å². The highest BCUT2D eigenvalue weighted by atomic mass is 35.5. The van der Waals surface area contributed by atoms with Crippen molar-refractivity contribution >= 4 is 42.9 Å². The molecule has 0 saturated heterocycles. The first kappa shape index (κ1) is 11.9. The van der Waals surface area contributed by atoms with E-state index in [2.05, 4.69) is 0 Å². The summed E-state index contributed by atoms with van der Waals surface area (Å²) in [6.45, 7) is 0. The first-order chi connectivity index (χ1) is 7.47. The zero-order valence-electron chi connectivity index (χ0n) is 8.68. The number of alkyl halides is 1. The Kier molecular flexibility index (Phi) is 3.24. The molecule has 0 fully saturated rings. The van der Waals surface area contributed by atoms with E-state index in [9.17, 15) is 8.42 Å². The number of sulfone groups is 1. The van der Waals surface area contributed by atoms with E-state index in [0.29, 0.717) is 0 Å². The van der Waals surface area contributed by atoms with E-state index in [1.165, 1.54) is 6.26 Å². The molecule has 2 rings (SSSR count). The van der Waals surface area contributed by atoms with Crippen molar-refractivity contribution in [1.29, 1.82) is 0 Å². The highest BCUT2D eigenvalue weighted by Gasteiger charge is 2.17. The molecule has 1 aromatic heterocycles. The van der Waals surface area contributed by atoms with Crippen LogP contribution in [0.3, 0.4) is 0 Å². The summed E-state index contributed by atoms with van der Waals surface area (Å²) in [6, 6.07) is 7.87. The Labute approximate surface area is 104 Å². The van der Waals surface area contributed by atoms with Crippen molar-refractivity contribution in [3.63, 3.8) is 0 Å². The Balaban J connectivity index is 2.40. The lowest BCUT2D eigenvalue weighted by atomic mass is 10.1. The second kappa shape index (κ2) is 4.35. The fourth-order valence-electron chi connectivity index (χ4n) is 1.60. The van der Waals surface area contributed by atoms with Gasteiger partial charge in [-0.2, -0.15) is 0 Å². The molecule has 2 aromatic rings. The summed E-state index contributed by atoms with van der Waals surface area (Å²) in [7, 11) is -3.05. The Bertz CT molecular complexity index is 601. The molecule has 1 heterocycles. The van der Waals surface area contributed by atoms with Crippen LogP contribution in [0.2, 0.25) is 0 Å². The first-order valence-electron chi connectivity index (χ1n) is 4.75. The number of halogens is 1. The summed E-state index contributed by atoms with van der Waals surface area (Å²) in [5, 5.41) is 2.52. The summed E-state index contributed by atoms with van der Waals surface area (Å²) >= 11 is 7.73. The van der Waals surface area contributed by atoms with Crippen molar-refractivity contribution in [3.05, 3.63) is 35.2 Å². The van der Waals surface area contributed by atoms with Gasteiger partial charge in [-0.3, -0.25) is 0 Å². The number of rotatable bonds is 3. The van der Waals surface area contributed by atoms with Gasteiger partial charge in [-0.15, -0.1) is 22.9 Å². The van der Waals surface area contributed by atoms with Crippen molar-refractivity contribution in [2.75, 3.05) is 12.0 Å². The van der Waals surface area contributed by atoms with Gasteiger partial charge < -0.3 is 0 Å². The normalized spacial score (nSPS) is 14.1. The van der Waals surface area contributed by atoms with Gasteiger partial charge in [0.2, 0.25) is 0 Å². The van der Waals surface area contributed by atoms with E-state index < -0.39 is 15.2 Å². The smallest absolute Gasteiger partial charge is 0.149 e. The molecule has 0 bridgehead atoms. The lowest BCUT2D eigenvalue weighted by molar-refractivity contribution is 0.600. The number of hydrogen-bond donors (Lipinski definition) is 0. The van der Waals surface area contributed by atoms with E-state index in [4.69, 9.17) is 11.6 Å². The average molecular weight is 275 g/mol. The highest BCUT2D eigenvalue weighted by molar-refractivity contribution is 7.90. The van der Waals surface area contributed by atoms with Gasteiger partial charge in [0.25, 0.3) is 0 Å². The number of thiophene rings is 1. The van der Waals surface area contributed by atoms with Crippen LogP contribution in [-0.4, -0.2) is 20.4 Å². The minimum atomic E-state index is -3.05. The monoisotopic (exact) mass is 274 g/mol. The predicted octanol–water partition coefficient (Wildman–Crippen LogP) is 3.23. The zero-order chi connectivity index (χ0) is 11.8. The molecule has 0 aliphatic carbocycles. The number of benzene rings is 1. The summed E-state index contributed by atoms with van der Waals surface area (Å²) in [6.07, 6.45) is 1.21. The maximum absolute atomic E-state index is 11.2. The lowest BCUT2D eigenvalue weighted by Gasteiger charge is -2.06. The van der Waals surface area contributed by atoms with Crippen LogP contribution in [0.4, 0.5) is 0 Å². The molecule has 0 saturated carbocycles. The molecule has 1 unspecified atom stereocenters. The quantitative estimate of drug-likeness (QED) is 0.806. The molecule has 0 aliphatic heterocycles. The average Bonchev–Trinajstić information content (AvgIpc) is 2.58. The van der Waals surface area contributed by atoms with E-state index in [0.717, 1.165) is 15.6 Å². The molecule has 16 heavy (non-hydrogen) atoms. The van der Waals surface area contributed by atoms with E-state index in [1.807, 2.05) is 29.6 Å². The van der Waals surface area contributed by atoms with Gasteiger partial charge in [-0.05, 0) is 22.4 Å². The minimum Gasteiger partial charge on any atom is -0.229 e. The molecular formula is C11H11ClO2S2. The Morgan fingerprint density at radius 1 is 1.38 bits per heavy atom. The zero-order valence-corrected chi connectivity index (χ0v) is 11.1. The molecule has 86 valence electrons. The van der Waals surface area contributed by atoms with Gasteiger partial charge in [-0.25, -0.2) is 8.42 Å². The molecule has 5 heteroatoms. The summed E-state index contributed by atoms with van der Waals surface area (Å²) in [4.78, 5) is 0. The molecule has 1 atom stereocenters. The molecule has 2 nitrogen and oxygen atoms in total. The summed E-state index contributed by atoms with van der Waals surface area (Å²) in [5.74, 6) is -0.0186. The Morgan fingerprint density at radius 3 is 2.75 bits per heavy atom. The number of hydrogen-bond acceptors (Lipinski definition) is 3. The van der Waals surface area contributed by atoms with Crippen molar-refractivity contribution in [3.8, 4) is 0 Å². The summed E-state index contributed by atoms with van der Waals surface area (Å²) < 4.78 is 23.5. The minimum absolute atomic E-state index is 0.0186. The second-order valence-electron chi connectivity index (χ2n) is 3.75. The largest absolute Gasteiger partial charge is 0.229 e. The maximum atomic E-state index is 11.2. The third kappa shape index (κ3) is 2.56. The van der Waals surface area contributed by atoms with Crippen LogP contribution >= 0.6 is 22.9 Å². The van der Waals surface area contributed by atoms with Crippen molar-refractivity contribution < 1.29 is 8.42 Å². The van der Waals surface area contributed by atoms with Crippen LogP contribution in [0, 0.1) is 0 Å². The van der Waals surface area contributed by atoms with Gasteiger partial charge in [0.05, 0.1) is 11.1 Å². The van der Waals surface area contributed by atoms with Gasteiger partial charge in [0.15, 0.2) is 0 Å². The highest BCUT2D eigenvalue weighted by Crippen LogP contribution is 2.33. The standard InChI is InChI=1S/C11H11ClO2S2/c1-16(13,14)7-10(12)9-6-15-11-5-3-2-4-8(9)11/h2-6,10H,7H2,1H3. The second-order valence-corrected chi connectivity index (χ2v) is 7.37. The molecule has 0 N–H and O–H groups in total. The van der Waals surface area contributed by atoms with E-state index in [1.54, 1.807) is 11.3 Å². The fraction of sp³-hybridized carbons (Fsp3) is 0.273. The van der Waals surface area contributed by atoms with Crippen molar-refractivity contribution in [2.24, 2.45) is 0 Å². The molecule has 0 radical (unpaired) electrons. The van der Waals surface area contributed by atoms with Crippen LogP contribution in [-0.2, 0) is 9.84 Å². The third-order valence-electron chi connectivity index (χ3n) is 2.30. The van der Waals surface area contributed by atoms with Gasteiger partial charge in [-0.1, -0.05) is 18.2 Å². The first-order valence-corrected chi connectivity index (χ1v) is 8.13. The SMILES string of the molecule is CS(=O)(=O)CC(Cl)c1csc2ccccc12. The molecule has 0 spiro atoms. The molecule has 0 amide bonds. The van der Waals surface area contributed by atoms with Crippen LogP contribution in [0.25, 0.3) is 10.1 Å². The van der Waals surface area contributed by atoms with Gasteiger partial charge in [0.1, 0.15) is 9.84 Å². The lowest BCUT2D eigenvalue weighted by Crippen LogP contribution is -2.08.